The van der Waals surface area contributed by atoms with Crippen molar-refractivity contribution in [1.29, 1.82) is 0 Å². The summed E-state index contributed by atoms with van der Waals surface area (Å²) in [6.45, 7) is 1.91. The van der Waals surface area contributed by atoms with Crippen molar-refractivity contribution in [3.05, 3.63) is 24.3 Å². The van der Waals surface area contributed by atoms with E-state index >= 15 is 0 Å². The molecule has 156 valence electrons. The van der Waals surface area contributed by atoms with Gasteiger partial charge in [-0.15, -0.1) is 0 Å². The van der Waals surface area contributed by atoms with Crippen molar-refractivity contribution in [1.82, 2.24) is 9.78 Å². The number of aliphatic hydroxyl groups excluding tert-OH is 1. The van der Waals surface area contributed by atoms with E-state index in [0.29, 0.717) is 29.3 Å². The second kappa shape index (κ2) is 7.48. The number of alkyl halides is 2. The van der Waals surface area contributed by atoms with Crippen LogP contribution in [0.2, 0.25) is 0 Å². The van der Waals surface area contributed by atoms with Crippen LogP contribution in [0, 0.1) is 0 Å². The molecule has 2 aromatic rings. The van der Waals surface area contributed by atoms with Gasteiger partial charge in [0.2, 0.25) is 6.41 Å². The van der Waals surface area contributed by atoms with Gasteiger partial charge in [-0.25, -0.2) is 8.78 Å². The number of nitrogens with zero attached hydrogens (tertiary/aromatic N) is 3. The summed E-state index contributed by atoms with van der Waals surface area (Å²) in [7, 11) is 0. The van der Waals surface area contributed by atoms with Crippen molar-refractivity contribution in [2.24, 2.45) is 5.73 Å². The van der Waals surface area contributed by atoms with Gasteiger partial charge in [0.25, 0.3) is 12.3 Å². The van der Waals surface area contributed by atoms with Gasteiger partial charge in [0.1, 0.15) is 24.1 Å². The highest BCUT2D eigenvalue weighted by molar-refractivity contribution is 5.79. The van der Waals surface area contributed by atoms with Crippen molar-refractivity contribution in [3.63, 3.8) is 0 Å². The summed E-state index contributed by atoms with van der Waals surface area (Å²) in [5.74, 6) is 0.492. The summed E-state index contributed by atoms with van der Waals surface area (Å²) in [6, 6.07) is 5.33. The number of halogens is 2. The number of carbonyl (C=O) groups is 1. The number of primary amides is 1. The maximum atomic E-state index is 13.3. The highest BCUT2D eigenvalue weighted by Crippen LogP contribution is 2.38. The molecule has 0 saturated carbocycles. The molecule has 3 N–H and O–H groups in total. The van der Waals surface area contributed by atoms with Crippen LogP contribution in [0.5, 0.6) is 11.5 Å². The smallest absolute Gasteiger partial charge is 0.261 e. The highest BCUT2D eigenvalue weighted by atomic mass is 19.3. The number of aliphatic hydroxyl groups is 1. The Balaban J connectivity index is 1.68. The maximum Gasteiger partial charge on any atom is 0.261 e. The molecule has 0 aliphatic carbocycles. The van der Waals surface area contributed by atoms with Gasteiger partial charge in [0.05, 0.1) is 18.8 Å². The van der Waals surface area contributed by atoms with Crippen molar-refractivity contribution >= 4 is 11.7 Å². The van der Waals surface area contributed by atoms with Crippen LogP contribution in [-0.4, -0.2) is 59.0 Å². The first-order valence-electron chi connectivity index (χ1n) is 9.02. The van der Waals surface area contributed by atoms with E-state index < -0.39 is 30.9 Å². The van der Waals surface area contributed by atoms with E-state index in [2.05, 4.69) is 5.10 Å². The van der Waals surface area contributed by atoms with Gasteiger partial charge in [-0.2, -0.15) is 5.10 Å². The fourth-order valence-corrected chi connectivity index (χ4v) is 3.31. The normalized spacial score (nSPS) is 21.9. The van der Waals surface area contributed by atoms with Crippen molar-refractivity contribution in [3.8, 4) is 22.8 Å². The Morgan fingerprint density at radius 1 is 1.41 bits per heavy atom. The number of amides is 1. The second-order valence-electron chi connectivity index (χ2n) is 6.75. The molecule has 3 atom stereocenters. The first kappa shape index (κ1) is 19.4. The van der Waals surface area contributed by atoms with E-state index in [-0.39, 0.29) is 19.0 Å². The lowest BCUT2D eigenvalue weighted by Gasteiger charge is -2.24. The third-order valence-electron chi connectivity index (χ3n) is 4.84. The Kier molecular flexibility index (Phi) is 5.01. The van der Waals surface area contributed by atoms with Gasteiger partial charge in [-0.3, -0.25) is 14.4 Å². The zero-order valence-corrected chi connectivity index (χ0v) is 15.5. The lowest BCUT2D eigenvalue weighted by molar-refractivity contribution is -0.123. The van der Waals surface area contributed by atoms with Gasteiger partial charge in [-0.1, -0.05) is 0 Å². The standard InChI is InChI=1S/C18H20F2N4O5/c1-9(17(21)25)29-10-2-3-11-12-7-15(22-23(12)4-5-27-14(11)6-10)24-13(16(19)20)8-28-18(24)26/h2-3,6-7,9,13,16,18,26H,4-5,8H2,1H3,(H2,21,25)/t9-,13-,18?/m0/s1. The largest absolute Gasteiger partial charge is 0.491 e. The Morgan fingerprint density at radius 2 is 2.21 bits per heavy atom. The molecule has 2 aliphatic heterocycles. The van der Waals surface area contributed by atoms with Crippen molar-refractivity contribution in [2.75, 3.05) is 18.1 Å². The van der Waals surface area contributed by atoms with E-state index in [1.165, 1.54) is 0 Å². The minimum atomic E-state index is -2.70. The molecule has 0 bridgehead atoms. The van der Waals surface area contributed by atoms with Gasteiger partial charge >= 0.3 is 0 Å². The Labute approximate surface area is 164 Å². The number of hydrogen-bond acceptors (Lipinski definition) is 7. The maximum absolute atomic E-state index is 13.3. The number of fused-ring (bicyclic) bond motifs is 3. The van der Waals surface area contributed by atoms with Crippen LogP contribution < -0.4 is 20.1 Å². The SMILES string of the molecule is C[C@H](Oc1ccc2c(c1)OCCn1nc(N3C(O)OC[C@H]3C(F)F)cc1-2)C(N)=O. The molecule has 11 heteroatoms. The number of benzene rings is 1. The molecule has 0 spiro atoms. The molecule has 1 unspecified atom stereocenters. The summed E-state index contributed by atoms with van der Waals surface area (Å²) in [5, 5.41) is 14.3. The number of aromatic nitrogens is 2. The summed E-state index contributed by atoms with van der Waals surface area (Å²) >= 11 is 0. The lowest BCUT2D eigenvalue weighted by atomic mass is 10.1. The van der Waals surface area contributed by atoms with Crippen LogP contribution in [0.15, 0.2) is 24.3 Å². The molecule has 3 heterocycles. The van der Waals surface area contributed by atoms with Gasteiger partial charge < -0.3 is 25.1 Å². The molecule has 1 amide bonds. The fourth-order valence-electron chi connectivity index (χ4n) is 3.31. The summed E-state index contributed by atoms with van der Waals surface area (Å²) in [6.07, 6.45) is -5.00. The molecule has 1 fully saturated rings. The topological polar surface area (TPSA) is 112 Å². The molecule has 4 rings (SSSR count). The lowest BCUT2D eigenvalue weighted by Crippen LogP contribution is -2.41. The van der Waals surface area contributed by atoms with Crippen LogP contribution in [0.3, 0.4) is 0 Å². The number of hydrogen-bond donors (Lipinski definition) is 2. The molecule has 1 aromatic heterocycles. The first-order chi connectivity index (χ1) is 13.8. The Bertz CT molecular complexity index is 922. The van der Waals surface area contributed by atoms with Crippen molar-refractivity contribution in [2.45, 2.75) is 38.5 Å². The predicted molar refractivity (Wildman–Crippen MR) is 96.7 cm³/mol. The third-order valence-corrected chi connectivity index (χ3v) is 4.84. The number of nitrogens with two attached hydrogens (primary N) is 1. The summed E-state index contributed by atoms with van der Waals surface area (Å²) in [5.41, 5.74) is 6.52. The van der Waals surface area contributed by atoms with Crippen LogP contribution in [-0.2, 0) is 16.1 Å². The van der Waals surface area contributed by atoms with Gasteiger partial charge in [-0.05, 0) is 19.1 Å². The average molecular weight is 410 g/mol. The molecule has 1 aromatic carbocycles. The zero-order chi connectivity index (χ0) is 20.7. The van der Waals surface area contributed by atoms with Crippen LogP contribution in [0.25, 0.3) is 11.3 Å². The van der Waals surface area contributed by atoms with E-state index in [1.807, 2.05) is 0 Å². The van der Waals surface area contributed by atoms with E-state index in [0.717, 1.165) is 4.90 Å². The van der Waals surface area contributed by atoms with Crippen LogP contribution >= 0.6 is 0 Å². The molecular weight excluding hydrogens is 390 g/mol. The van der Waals surface area contributed by atoms with Crippen molar-refractivity contribution < 1.29 is 32.9 Å². The Hall–Kier alpha value is -2.92. The second-order valence-corrected chi connectivity index (χ2v) is 6.75. The number of ether oxygens (including phenoxy) is 3. The van der Waals surface area contributed by atoms with E-state index in [4.69, 9.17) is 19.9 Å². The number of carbonyl (C=O) groups excluding carboxylic acids is 1. The summed E-state index contributed by atoms with van der Waals surface area (Å²) < 4.78 is 44.5. The molecule has 1 saturated heterocycles. The molecule has 9 nitrogen and oxygen atoms in total. The summed E-state index contributed by atoms with van der Waals surface area (Å²) in [4.78, 5) is 12.3. The molecule has 29 heavy (non-hydrogen) atoms. The molecular formula is C18H20F2N4O5. The Morgan fingerprint density at radius 3 is 2.93 bits per heavy atom. The minimum absolute atomic E-state index is 0.186. The number of anilines is 1. The molecule has 2 aliphatic rings. The predicted octanol–water partition coefficient (Wildman–Crippen LogP) is 0.941. The van der Waals surface area contributed by atoms with Gasteiger partial charge in [0, 0.05) is 17.7 Å². The highest BCUT2D eigenvalue weighted by Gasteiger charge is 2.41. The fraction of sp³-hybridized carbons (Fsp3) is 0.444. The van der Waals surface area contributed by atoms with Crippen LogP contribution in [0.4, 0.5) is 14.6 Å². The van der Waals surface area contributed by atoms with E-state index in [1.54, 1.807) is 35.9 Å². The van der Waals surface area contributed by atoms with Crippen LogP contribution in [0.1, 0.15) is 6.92 Å². The minimum Gasteiger partial charge on any atom is -0.491 e. The third kappa shape index (κ3) is 3.58. The number of rotatable bonds is 5. The van der Waals surface area contributed by atoms with Gasteiger partial charge in [0.15, 0.2) is 11.9 Å². The quantitative estimate of drug-likeness (QED) is 0.755. The van der Waals surface area contributed by atoms with E-state index in [9.17, 15) is 18.7 Å². The average Bonchev–Trinajstić information content (AvgIpc) is 3.21. The zero-order valence-electron chi connectivity index (χ0n) is 15.5. The molecule has 0 radical (unpaired) electrons. The first-order valence-corrected chi connectivity index (χ1v) is 9.02. The monoisotopic (exact) mass is 410 g/mol.